The first kappa shape index (κ1) is 26.5. The van der Waals surface area contributed by atoms with Crippen molar-refractivity contribution in [3.05, 3.63) is 18.2 Å². The molecule has 0 fully saturated rings. The van der Waals surface area contributed by atoms with Gasteiger partial charge in [-0.05, 0) is 5.92 Å². The van der Waals surface area contributed by atoms with Crippen LogP contribution in [-0.2, 0) is 30.4 Å². The first-order valence-corrected chi connectivity index (χ1v) is 9.72. The minimum Gasteiger partial charge on any atom is -0.480 e. The number of hydrogen-bond donors (Lipinski definition) is 8. The van der Waals surface area contributed by atoms with Crippen molar-refractivity contribution >= 4 is 29.6 Å². The maximum Gasteiger partial charge on any atom is 0.326 e. The minimum absolute atomic E-state index is 0.0879. The van der Waals surface area contributed by atoms with E-state index in [1.54, 1.807) is 13.8 Å². The van der Waals surface area contributed by atoms with E-state index >= 15 is 0 Å². The first-order valence-electron chi connectivity index (χ1n) is 9.72. The number of H-pyrrole nitrogens is 1. The summed E-state index contributed by atoms with van der Waals surface area (Å²) in [6.45, 7) is 2.66. The van der Waals surface area contributed by atoms with Crippen molar-refractivity contribution in [1.82, 2.24) is 25.9 Å². The number of imidazole rings is 1. The highest BCUT2D eigenvalue weighted by atomic mass is 16.4. The van der Waals surface area contributed by atoms with Crippen molar-refractivity contribution < 1.29 is 34.2 Å². The lowest BCUT2D eigenvalue weighted by Gasteiger charge is -2.26. The number of nitrogens with two attached hydrogens (primary N) is 2. The summed E-state index contributed by atoms with van der Waals surface area (Å²) >= 11 is 0. The van der Waals surface area contributed by atoms with Crippen molar-refractivity contribution in [1.29, 1.82) is 0 Å². The number of primary amides is 1. The maximum atomic E-state index is 12.8. The van der Waals surface area contributed by atoms with Crippen LogP contribution in [0.1, 0.15) is 26.0 Å². The molecule has 14 heteroatoms. The average molecular weight is 455 g/mol. The molecule has 4 amide bonds. The van der Waals surface area contributed by atoms with Gasteiger partial charge in [-0.3, -0.25) is 19.2 Å². The molecular weight excluding hydrogens is 426 g/mol. The van der Waals surface area contributed by atoms with Crippen LogP contribution in [0.15, 0.2) is 12.5 Å². The number of nitrogens with zero attached hydrogens (tertiary/aromatic N) is 1. The number of carbonyl (C=O) groups excluding carboxylic acids is 4. The van der Waals surface area contributed by atoms with Crippen LogP contribution >= 0.6 is 0 Å². The Morgan fingerprint density at radius 1 is 1.06 bits per heavy atom. The molecule has 1 aromatic heterocycles. The van der Waals surface area contributed by atoms with Gasteiger partial charge in [0.15, 0.2) is 0 Å². The van der Waals surface area contributed by atoms with Crippen LogP contribution in [-0.4, -0.2) is 80.6 Å². The lowest BCUT2D eigenvalue weighted by molar-refractivity contribution is -0.143. The van der Waals surface area contributed by atoms with E-state index in [2.05, 4.69) is 25.9 Å². The molecule has 1 heterocycles. The third-order valence-corrected chi connectivity index (χ3v) is 4.41. The highest BCUT2D eigenvalue weighted by Crippen LogP contribution is 2.06. The van der Waals surface area contributed by atoms with Gasteiger partial charge in [-0.1, -0.05) is 13.8 Å². The smallest absolute Gasteiger partial charge is 0.326 e. The summed E-state index contributed by atoms with van der Waals surface area (Å²) in [6.07, 6.45) is 2.03. The van der Waals surface area contributed by atoms with Crippen molar-refractivity contribution in [2.75, 3.05) is 6.61 Å². The molecule has 0 saturated heterocycles. The molecule has 0 aliphatic carbocycles. The topological polar surface area (TPSA) is 243 Å². The summed E-state index contributed by atoms with van der Waals surface area (Å²) in [5.74, 6) is -5.21. The van der Waals surface area contributed by atoms with E-state index in [0.29, 0.717) is 5.69 Å². The predicted molar refractivity (Wildman–Crippen MR) is 109 cm³/mol. The van der Waals surface area contributed by atoms with E-state index in [-0.39, 0.29) is 6.42 Å². The van der Waals surface area contributed by atoms with Gasteiger partial charge in [-0.25, -0.2) is 9.78 Å². The molecule has 0 bridgehead atoms. The summed E-state index contributed by atoms with van der Waals surface area (Å²) in [7, 11) is 0. The molecule has 1 aromatic rings. The minimum atomic E-state index is -1.59. The Balaban J connectivity index is 3.04. The molecule has 0 saturated carbocycles. The van der Waals surface area contributed by atoms with E-state index in [4.69, 9.17) is 16.6 Å². The second-order valence-corrected chi connectivity index (χ2v) is 7.43. The molecule has 0 spiro atoms. The molecule has 178 valence electrons. The van der Waals surface area contributed by atoms with E-state index in [9.17, 15) is 29.1 Å². The number of aromatic amines is 1. The fourth-order valence-electron chi connectivity index (χ4n) is 2.64. The van der Waals surface area contributed by atoms with Gasteiger partial charge >= 0.3 is 5.97 Å². The maximum absolute atomic E-state index is 12.8. The number of nitrogens with one attached hydrogen (secondary N) is 4. The van der Waals surface area contributed by atoms with Gasteiger partial charge < -0.3 is 42.6 Å². The number of amides is 4. The van der Waals surface area contributed by atoms with Gasteiger partial charge in [-0.15, -0.1) is 0 Å². The molecule has 14 nitrogen and oxygen atoms in total. The van der Waals surface area contributed by atoms with Crippen LogP contribution < -0.4 is 27.4 Å². The largest absolute Gasteiger partial charge is 0.480 e. The Kier molecular flexibility index (Phi) is 10.2. The van der Waals surface area contributed by atoms with Gasteiger partial charge in [0.2, 0.25) is 23.6 Å². The molecule has 4 atom stereocenters. The van der Waals surface area contributed by atoms with Gasteiger partial charge in [-0.2, -0.15) is 0 Å². The zero-order valence-corrected chi connectivity index (χ0v) is 17.7. The van der Waals surface area contributed by atoms with Crippen LogP contribution in [0.4, 0.5) is 0 Å². The van der Waals surface area contributed by atoms with E-state index in [0.717, 1.165) is 0 Å². The summed E-state index contributed by atoms with van der Waals surface area (Å²) in [5, 5.41) is 25.3. The van der Waals surface area contributed by atoms with E-state index in [1.165, 1.54) is 12.5 Å². The summed E-state index contributed by atoms with van der Waals surface area (Å²) in [6, 6.07) is -5.21. The van der Waals surface area contributed by atoms with Crippen molar-refractivity contribution in [3.63, 3.8) is 0 Å². The Bertz CT molecular complexity index is 813. The van der Waals surface area contributed by atoms with Gasteiger partial charge in [0.1, 0.15) is 24.2 Å². The monoisotopic (exact) mass is 455 g/mol. The summed E-state index contributed by atoms with van der Waals surface area (Å²) in [4.78, 5) is 66.6. The van der Waals surface area contributed by atoms with Gasteiger partial charge in [0, 0.05) is 18.3 Å². The zero-order valence-electron chi connectivity index (χ0n) is 17.7. The summed E-state index contributed by atoms with van der Waals surface area (Å²) < 4.78 is 0. The number of carboxylic acid groups (broad SMARTS) is 1. The fraction of sp³-hybridized carbons (Fsp3) is 0.556. The standard InChI is InChI=1S/C18H29N7O7/c1-8(2)14(25-15(28)10(19)6-26)17(30)23-11(3-9-5-21-7-22-9)16(29)24-12(18(31)32)4-13(20)27/h5,7-8,10-12,14,26H,3-4,6,19H2,1-2H3,(H2,20,27)(H,21,22)(H,23,30)(H,24,29)(H,25,28)(H,31,32). The van der Waals surface area contributed by atoms with Crippen LogP contribution in [0.5, 0.6) is 0 Å². The summed E-state index contributed by atoms with van der Waals surface area (Å²) in [5.41, 5.74) is 10.9. The lowest BCUT2D eigenvalue weighted by Crippen LogP contribution is -2.59. The Morgan fingerprint density at radius 2 is 1.69 bits per heavy atom. The predicted octanol–water partition coefficient (Wildman–Crippen LogP) is -3.66. The Morgan fingerprint density at radius 3 is 2.16 bits per heavy atom. The van der Waals surface area contributed by atoms with Crippen LogP contribution in [0.2, 0.25) is 0 Å². The van der Waals surface area contributed by atoms with Crippen LogP contribution in [0, 0.1) is 5.92 Å². The Hall–Kier alpha value is -3.52. The number of aromatic nitrogens is 2. The lowest BCUT2D eigenvalue weighted by atomic mass is 10.0. The number of aliphatic hydroxyl groups excluding tert-OH is 1. The van der Waals surface area contributed by atoms with Crippen molar-refractivity contribution in [2.45, 2.75) is 50.9 Å². The number of aliphatic hydroxyl groups is 1. The van der Waals surface area contributed by atoms with Crippen molar-refractivity contribution in [3.8, 4) is 0 Å². The van der Waals surface area contributed by atoms with Gasteiger partial charge in [0.05, 0.1) is 19.4 Å². The number of carbonyl (C=O) groups is 5. The second-order valence-electron chi connectivity index (χ2n) is 7.43. The number of carboxylic acids is 1. The average Bonchev–Trinajstić information content (AvgIpc) is 3.22. The van der Waals surface area contributed by atoms with Gasteiger partial charge in [0.25, 0.3) is 0 Å². The Labute approximate surface area is 183 Å². The molecular formula is C18H29N7O7. The molecule has 0 aliphatic heterocycles. The molecule has 0 aromatic carbocycles. The second kappa shape index (κ2) is 12.4. The van der Waals surface area contributed by atoms with Crippen molar-refractivity contribution in [2.24, 2.45) is 17.4 Å². The first-order chi connectivity index (χ1) is 15.0. The van der Waals surface area contributed by atoms with E-state index < -0.39 is 72.7 Å². The SMILES string of the molecule is CC(C)C(NC(=O)C(N)CO)C(=O)NC(Cc1cnc[nH]1)C(=O)NC(CC(N)=O)C(=O)O. The zero-order chi connectivity index (χ0) is 24.4. The molecule has 4 unspecified atom stereocenters. The highest BCUT2D eigenvalue weighted by Gasteiger charge is 2.32. The van der Waals surface area contributed by atoms with Crippen LogP contribution in [0.25, 0.3) is 0 Å². The number of aliphatic carboxylic acids is 1. The third kappa shape index (κ3) is 8.31. The molecule has 10 N–H and O–H groups in total. The fourth-order valence-corrected chi connectivity index (χ4v) is 2.64. The number of hydrogen-bond acceptors (Lipinski definition) is 8. The van der Waals surface area contributed by atoms with Crippen LogP contribution in [0.3, 0.4) is 0 Å². The number of rotatable bonds is 13. The molecule has 32 heavy (non-hydrogen) atoms. The quantitative estimate of drug-likeness (QED) is 0.146. The normalized spacial score (nSPS) is 14.7. The molecule has 1 rings (SSSR count). The third-order valence-electron chi connectivity index (χ3n) is 4.41. The van der Waals surface area contributed by atoms with E-state index in [1.807, 2.05) is 0 Å². The molecule has 0 aliphatic rings. The highest BCUT2D eigenvalue weighted by molar-refractivity contribution is 5.95. The molecule has 0 radical (unpaired) electrons.